The van der Waals surface area contributed by atoms with Crippen LogP contribution in [0.2, 0.25) is 0 Å². The van der Waals surface area contributed by atoms with Crippen LogP contribution in [0.25, 0.3) is 0 Å². The van der Waals surface area contributed by atoms with E-state index in [1.807, 2.05) is 0 Å². The van der Waals surface area contributed by atoms with Crippen LogP contribution in [0.4, 0.5) is 0 Å². The fourth-order valence-electron chi connectivity index (χ4n) is 6.86. The normalized spacial score (nSPS) is 29.4. The third kappa shape index (κ3) is 3.36. The van der Waals surface area contributed by atoms with E-state index >= 15 is 0 Å². The quantitative estimate of drug-likeness (QED) is 0.629. The SMILES string of the molecule is CC1(C)C2CC3CC(C2)CC1(c1ccc(C#CC#Cc2ccc(C(=O)O)cc2)cc1)C3. The molecule has 0 saturated heterocycles. The molecule has 0 spiro atoms. The maximum Gasteiger partial charge on any atom is 0.335 e. The number of hydrogen-bond donors (Lipinski definition) is 1. The van der Waals surface area contributed by atoms with Gasteiger partial charge in [-0.2, -0.15) is 0 Å². The number of aromatic carboxylic acids is 1. The molecule has 4 aliphatic rings. The minimum atomic E-state index is -0.931. The van der Waals surface area contributed by atoms with Gasteiger partial charge in [0, 0.05) is 16.5 Å². The molecular formula is C29H28O2. The Hall–Kier alpha value is -2.97. The molecule has 2 nitrogen and oxygen atoms in total. The summed E-state index contributed by atoms with van der Waals surface area (Å²) in [5, 5.41) is 8.95. The standard InChI is InChI=1S/C29H28O2/c1-28(2)26-16-22-15-23(17-26)19-29(28,18-22)25-13-9-21(10-14-25)6-4-3-5-20-7-11-24(12-8-20)27(30)31/h7-14,22-23,26H,15-19H2,1-2H3,(H,30,31). The van der Waals surface area contributed by atoms with Gasteiger partial charge in [-0.05, 0) is 109 Å². The van der Waals surface area contributed by atoms with Crippen LogP contribution in [-0.2, 0) is 5.41 Å². The highest BCUT2D eigenvalue weighted by atomic mass is 16.4. The predicted molar refractivity (Wildman–Crippen MR) is 123 cm³/mol. The molecule has 2 unspecified atom stereocenters. The average molecular weight is 409 g/mol. The van der Waals surface area contributed by atoms with Gasteiger partial charge >= 0.3 is 5.97 Å². The largest absolute Gasteiger partial charge is 0.478 e. The first-order valence-corrected chi connectivity index (χ1v) is 11.3. The van der Waals surface area contributed by atoms with Crippen molar-refractivity contribution in [2.24, 2.45) is 23.2 Å². The molecule has 6 rings (SSSR count). The Balaban J connectivity index is 1.33. The number of rotatable bonds is 2. The summed E-state index contributed by atoms with van der Waals surface area (Å²) in [5.74, 6) is 13.7. The van der Waals surface area contributed by atoms with Crippen LogP contribution >= 0.6 is 0 Å². The average Bonchev–Trinajstić information content (AvgIpc) is 2.75. The van der Waals surface area contributed by atoms with Gasteiger partial charge in [-0.1, -0.05) is 37.8 Å². The fourth-order valence-corrected chi connectivity index (χ4v) is 6.86. The summed E-state index contributed by atoms with van der Waals surface area (Å²) < 4.78 is 0. The van der Waals surface area contributed by atoms with Gasteiger partial charge in [-0.15, -0.1) is 0 Å². The first-order valence-electron chi connectivity index (χ1n) is 11.3. The number of carboxylic acid groups (broad SMARTS) is 1. The van der Waals surface area contributed by atoms with Gasteiger partial charge in [0.15, 0.2) is 0 Å². The molecular weight excluding hydrogens is 380 g/mol. The van der Waals surface area contributed by atoms with Crippen molar-refractivity contribution in [1.82, 2.24) is 0 Å². The molecule has 0 aromatic heterocycles. The van der Waals surface area contributed by atoms with E-state index in [-0.39, 0.29) is 5.56 Å². The molecule has 2 aromatic rings. The van der Waals surface area contributed by atoms with Gasteiger partial charge in [0.2, 0.25) is 0 Å². The fraction of sp³-hybridized carbons (Fsp3) is 0.414. The summed E-state index contributed by atoms with van der Waals surface area (Å²) in [6, 6.07) is 15.5. The predicted octanol–water partition coefficient (Wildman–Crippen LogP) is 5.89. The van der Waals surface area contributed by atoms with E-state index in [4.69, 9.17) is 5.11 Å². The number of carboxylic acids is 1. The highest BCUT2D eigenvalue weighted by Gasteiger charge is 2.61. The number of carbonyl (C=O) groups is 1. The third-order valence-electron chi connectivity index (χ3n) is 8.48. The second-order valence-corrected chi connectivity index (χ2v) is 10.3. The summed E-state index contributed by atoms with van der Waals surface area (Å²) in [6.07, 6.45) is 7.03. The van der Waals surface area contributed by atoms with Gasteiger partial charge in [-0.25, -0.2) is 4.79 Å². The molecule has 2 heteroatoms. The van der Waals surface area contributed by atoms with E-state index in [9.17, 15) is 4.79 Å². The van der Waals surface area contributed by atoms with E-state index in [1.165, 1.54) is 37.7 Å². The summed E-state index contributed by atoms with van der Waals surface area (Å²) >= 11 is 0. The van der Waals surface area contributed by atoms with Crippen LogP contribution in [-0.4, -0.2) is 11.1 Å². The van der Waals surface area contributed by atoms with Crippen LogP contribution in [0.3, 0.4) is 0 Å². The molecule has 4 saturated carbocycles. The van der Waals surface area contributed by atoms with Crippen molar-refractivity contribution in [1.29, 1.82) is 0 Å². The Morgan fingerprint density at radius 3 is 1.87 bits per heavy atom. The number of hydrogen-bond acceptors (Lipinski definition) is 1. The van der Waals surface area contributed by atoms with Crippen molar-refractivity contribution < 1.29 is 9.90 Å². The lowest BCUT2D eigenvalue weighted by Crippen LogP contribution is -2.59. The summed E-state index contributed by atoms with van der Waals surface area (Å²) in [6.45, 7) is 5.03. The molecule has 0 aliphatic heterocycles. The lowest BCUT2D eigenvalue weighted by molar-refractivity contribution is -0.113. The van der Waals surface area contributed by atoms with Crippen LogP contribution < -0.4 is 0 Å². The Bertz CT molecular complexity index is 1120. The topological polar surface area (TPSA) is 37.3 Å². The van der Waals surface area contributed by atoms with Crippen molar-refractivity contribution in [3.05, 3.63) is 70.8 Å². The first kappa shape index (κ1) is 20.0. The maximum absolute atomic E-state index is 10.9. The zero-order valence-corrected chi connectivity index (χ0v) is 18.2. The van der Waals surface area contributed by atoms with E-state index in [1.54, 1.807) is 24.3 Å². The molecule has 1 N–H and O–H groups in total. The maximum atomic E-state index is 10.9. The molecule has 156 valence electrons. The van der Waals surface area contributed by atoms with Crippen LogP contribution in [0, 0.1) is 46.9 Å². The summed E-state index contributed by atoms with van der Waals surface area (Å²) in [7, 11) is 0. The van der Waals surface area contributed by atoms with Gasteiger partial charge < -0.3 is 5.11 Å². The molecule has 4 bridgehead atoms. The van der Waals surface area contributed by atoms with Crippen LogP contribution in [0.5, 0.6) is 0 Å². The second kappa shape index (κ2) is 7.32. The first-order chi connectivity index (χ1) is 14.9. The zero-order chi connectivity index (χ0) is 21.6. The van der Waals surface area contributed by atoms with Crippen molar-refractivity contribution in [3.8, 4) is 23.7 Å². The Kier molecular flexibility index (Phi) is 4.71. The highest BCUT2D eigenvalue weighted by Crippen LogP contribution is 2.68. The van der Waals surface area contributed by atoms with E-state index in [0.717, 1.165) is 28.9 Å². The zero-order valence-electron chi connectivity index (χ0n) is 18.2. The molecule has 31 heavy (non-hydrogen) atoms. The molecule has 4 fully saturated rings. The van der Waals surface area contributed by atoms with Crippen molar-refractivity contribution in [3.63, 3.8) is 0 Å². The van der Waals surface area contributed by atoms with Gasteiger partial charge in [0.25, 0.3) is 0 Å². The van der Waals surface area contributed by atoms with Crippen molar-refractivity contribution in [2.45, 2.75) is 51.4 Å². The number of benzene rings is 2. The molecule has 0 amide bonds. The van der Waals surface area contributed by atoms with Crippen molar-refractivity contribution in [2.75, 3.05) is 0 Å². The van der Waals surface area contributed by atoms with Crippen molar-refractivity contribution >= 4 is 5.97 Å². The minimum Gasteiger partial charge on any atom is -0.478 e. The lowest BCUT2D eigenvalue weighted by Gasteiger charge is -2.66. The van der Waals surface area contributed by atoms with Gasteiger partial charge in [0.1, 0.15) is 0 Å². The Morgan fingerprint density at radius 1 is 0.839 bits per heavy atom. The molecule has 0 radical (unpaired) electrons. The second-order valence-electron chi connectivity index (χ2n) is 10.3. The summed E-state index contributed by atoms with van der Waals surface area (Å²) in [4.78, 5) is 10.9. The monoisotopic (exact) mass is 408 g/mol. The molecule has 0 heterocycles. The third-order valence-corrected chi connectivity index (χ3v) is 8.48. The molecule has 2 atom stereocenters. The van der Waals surface area contributed by atoms with Gasteiger partial charge in [0.05, 0.1) is 5.56 Å². The lowest BCUT2D eigenvalue weighted by atomic mass is 9.38. The van der Waals surface area contributed by atoms with E-state index in [2.05, 4.69) is 61.8 Å². The molecule has 2 aromatic carbocycles. The van der Waals surface area contributed by atoms with Gasteiger partial charge in [-0.3, -0.25) is 0 Å². The van der Waals surface area contributed by atoms with Crippen LogP contribution in [0.1, 0.15) is 73.0 Å². The Morgan fingerprint density at radius 2 is 1.35 bits per heavy atom. The minimum absolute atomic E-state index is 0.263. The van der Waals surface area contributed by atoms with Crippen LogP contribution in [0.15, 0.2) is 48.5 Å². The Labute approximate surface area is 185 Å². The molecule has 4 aliphatic carbocycles. The summed E-state index contributed by atoms with van der Waals surface area (Å²) in [5.41, 5.74) is 4.22. The van der Waals surface area contributed by atoms with E-state index < -0.39 is 5.97 Å². The highest BCUT2D eigenvalue weighted by molar-refractivity contribution is 5.87. The van der Waals surface area contributed by atoms with E-state index in [0.29, 0.717) is 10.8 Å². The smallest absolute Gasteiger partial charge is 0.335 e.